The third-order valence-electron chi connectivity index (χ3n) is 4.95. The van der Waals surface area contributed by atoms with Crippen LogP contribution in [0, 0.1) is 19.3 Å². The zero-order valence-corrected chi connectivity index (χ0v) is 17.4. The monoisotopic (exact) mass is 379 g/mol. The van der Waals surface area contributed by atoms with Gasteiger partial charge in [-0.05, 0) is 43.2 Å². The van der Waals surface area contributed by atoms with Crippen molar-refractivity contribution in [1.29, 1.82) is 0 Å². The largest absolute Gasteiger partial charge is 0.491 e. The van der Waals surface area contributed by atoms with Crippen LogP contribution >= 0.6 is 0 Å². The molecule has 0 unspecified atom stereocenters. The number of amides is 1. The fourth-order valence-electron chi connectivity index (χ4n) is 3.06. The maximum Gasteiger partial charge on any atom is 0.225 e. The number of imidazole rings is 1. The number of rotatable bonds is 6. The first-order chi connectivity index (χ1) is 13.3. The molecule has 5 heteroatoms. The van der Waals surface area contributed by atoms with E-state index in [0.717, 1.165) is 28.2 Å². The summed E-state index contributed by atoms with van der Waals surface area (Å²) in [6, 6.07) is 14.1. The number of hydrogen-bond acceptors (Lipinski definition) is 3. The number of nitrogens with zero attached hydrogens (tertiary/aromatic N) is 2. The molecule has 0 saturated carbocycles. The topological polar surface area (TPSA) is 56.1 Å². The molecule has 0 aliphatic heterocycles. The first-order valence-electron chi connectivity index (χ1n) is 9.69. The van der Waals surface area contributed by atoms with E-state index < -0.39 is 5.41 Å². The number of carbonyl (C=O) groups is 1. The molecule has 28 heavy (non-hydrogen) atoms. The third kappa shape index (κ3) is 4.35. The van der Waals surface area contributed by atoms with E-state index in [0.29, 0.717) is 19.7 Å². The molecule has 0 spiro atoms. The Bertz CT molecular complexity index is 983. The van der Waals surface area contributed by atoms with Gasteiger partial charge in [0.15, 0.2) is 0 Å². The molecule has 0 radical (unpaired) electrons. The van der Waals surface area contributed by atoms with E-state index in [-0.39, 0.29) is 5.91 Å². The molecule has 0 fully saturated rings. The van der Waals surface area contributed by atoms with Gasteiger partial charge >= 0.3 is 0 Å². The lowest BCUT2D eigenvalue weighted by Gasteiger charge is -2.18. The Morgan fingerprint density at radius 1 is 1.11 bits per heavy atom. The maximum atomic E-state index is 12.3. The van der Waals surface area contributed by atoms with Gasteiger partial charge in [-0.3, -0.25) is 4.79 Å². The van der Waals surface area contributed by atoms with Gasteiger partial charge in [0.25, 0.3) is 0 Å². The number of aromatic nitrogens is 2. The average molecular weight is 380 g/mol. The summed E-state index contributed by atoms with van der Waals surface area (Å²) in [4.78, 5) is 17.0. The van der Waals surface area contributed by atoms with Crippen molar-refractivity contribution in [2.24, 2.45) is 5.41 Å². The predicted octanol–water partition coefficient (Wildman–Crippen LogP) is 4.39. The minimum Gasteiger partial charge on any atom is -0.491 e. The second kappa shape index (κ2) is 8.05. The van der Waals surface area contributed by atoms with E-state index in [1.165, 1.54) is 5.56 Å². The van der Waals surface area contributed by atoms with Gasteiger partial charge in [-0.15, -0.1) is 0 Å². The molecule has 5 nitrogen and oxygen atoms in total. The number of hydrogen-bond donors (Lipinski definition) is 1. The Balaban J connectivity index is 1.77. The molecule has 0 aliphatic rings. The Labute approximate surface area is 166 Å². The summed E-state index contributed by atoms with van der Waals surface area (Å²) in [5, 5.41) is 3.00. The molecule has 148 valence electrons. The summed E-state index contributed by atoms with van der Waals surface area (Å²) in [5.74, 6) is 1.76. The number of ether oxygens (including phenoxy) is 1. The van der Waals surface area contributed by atoms with Gasteiger partial charge < -0.3 is 14.6 Å². The van der Waals surface area contributed by atoms with Crippen molar-refractivity contribution in [3.05, 3.63) is 59.4 Å². The van der Waals surface area contributed by atoms with Crippen LogP contribution in [-0.4, -0.2) is 22.1 Å². The molecule has 1 heterocycles. The van der Waals surface area contributed by atoms with Crippen LogP contribution < -0.4 is 10.1 Å². The molecule has 0 atom stereocenters. The van der Waals surface area contributed by atoms with Crippen molar-refractivity contribution in [3.8, 4) is 5.75 Å². The van der Waals surface area contributed by atoms with Gasteiger partial charge in [0, 0.05) is 5.41 Å². The highest BCUT2D eigenvalue weighted by Gasteiger charge is 2.21. The highest BCUT2D eigenvalue weighted by molar-refractivity contribution is 5.81. The second-order valence-corrected chi connectivity index (χ2v) is 8.15. The van der Waals surface area contributed by atoms with Crippen LogP contribution in [0.2, 0.25) is 0 Å². The van der Waals surface area contributed by atoms with Crippen molar-refractivity contribution in [1.82, 2.24) is 14.9 Å². The number of carbonyl (C=O) groups excluding carboxylic acids is 1. The first kappa shape index (κ1) is 19.9. The predicted molar refractivity (Wildman–Crippen MR) is 112 cm³/mol. The van der Waals surface area contributed by atoms with Crippen molar-refractivity contribution in [3.63, 3.8) is 0 Å². The number of aryl methyl sites for hydroxylation is 1. The van der Waals surface area contributed by atoms with Gasteiger partial charge in [0.2, 0.25) is 5.91 Å². The zero-order chi connectivity index (χ0) is 20.3. The van der Waals surface area contributed by atoms with E-state index in [4.69, 9.17) is 9.72 Å². The van der Waals surface area contributed by atoms with Gasteiger partial charge in [-0.1, -0.05) is 45.0 Å². The minimum absolute atomic E-state index is 0.0118. The van der Waals surface area contributed by atoms with Crippen LogP contribution in [0.3, 0.4) is 0 Å². The number of nitrogens with one attached hydrogen (secondary N) is 1. The molecule has 0 aliphatic carbocycles. The van der Waals surface area contributed by atoms with Gasteiger partial charge in [0.1, 0.15) is 18.2 Å². The van der Waals surface area contributed by atoms with Gasteiger partial charge in [-0.2, -0.15) is 0 Å². The van der Waals surface area contributed by atoms with Crippen molar-refractivity contribution < 1.29 is 9.53 Å². The quantitative estimate of drug-likeness (QED) is 0.691. The number of benzene rings is 2. The van der Waals surface area contributed by atoms with Crippen LogP contribution in [0.5, 0.6) is 5.75 Å². The van der Waals surface area contributed by atoms with E-state index in [2.05, 4.69) is 35.9 Å². The van der Waals surface area contributed by atoms with Crippen molar-refractivity contribution in [2.45, 2.75) is 47.7 Å². The first-order valence-corrected chi connectivity index (χ1v) is 9.69. The fourth-order valence-corrected chi connectivity index (χ4v) is 3.06. The van der Waals surface area contributed by atoms with E-state index in [9.17, 15) is 4.79 Å². The Morgan fingerprint density at radius 2 is 1.86 bits per heavy atom. The van der Waals surface area contributed by atoms with Gasteiger partial charge in [-0.25, -0.2) is 4.98 Å². The molecular formula is C23H29N3O2. The molecule has 2 aromatic carbocycles. The summed E-state index contributed by atoms with van der Waals surface area (Å²) < 4.78 is 8.17. The molecule has 1 N–H and O–H groups in total. The zero-order valence-electron chi connectivity index (χ0n) is 17.4. The maximum absolute atomic E-state index is 12.3. The normalized spacial score (nSPS) is 11.6. The van der Waals surface area contributed by atoms with E-state index in [1.807, 2.05) is 51.1 Å². The molecule has 0 saturated heterocycles. The number of fused-ring (bicyclic) bond motifs is 1. The van der Waals surface area contributed by atoms with Crippen molar-refractivity contribution in [2.75, 3.05) is 6.61 Å². The molecule has 0 bridgehead atoms. The van der Waals surface area contributed by atoms with Crippen molar-refractivity contribution >= 4 is 16.9 Å². The average Bonchev–Trinajstić information content (AvgIpc) is 3.00. The molecule has 1 amide bonds. The van der Waals surface area contributed by atoms with Crippen LogP contribution in [0.4, 0.5) is 0 Å². The molecule has 3 rings (SSSR count). The highest BCUT2D eigenvalue weighted by Crippen LogP contribution is 2.21. The summed E-state index contributed by atoms with van der Waals surface area (Å²) in [5.41, 5.74) is 3.93. The van der Waals surface area contributed by atoms with Crippen LogP contribution in [0.15, 0.2) is 42.5 Å². The second-order valence-electron chi connectivity index (χ2n) is 8.15. The lowest BCUT2D eigenvalue weighted by atomic mass is 9.96. The number of para-hydroxylation sites is 2. The smallest absolute Gasteiger partial charge is 0.225 e. The van der Waals surface area contributed by atoms with E-state index in [1.54, 1.807) is 0 Å². The Morgan fingerprint density at radius 3 is 2.61 bits per heavy atom. The van der Waals surface area contributed by atoms with Crippen LogP contribution in [0.25, 0.3) is 11.0 Å². The Hall–Kier alpha value is -2.82. The molecular weight excluding hydrogens is 350 g/mol. The lowest BCUT2D eigenvalue weighted by molar-refractivity contribution is -0.128. The summed E-state index contributed by atoms with van der Waals surface area (Å²) in [7, 11) is 0. The fraction of sp³-hybridized carbons (Fsp3) is 0.391. The lowest BCUT2D eigenvalue weighted by Crippen LogP contribution is -2.35. The summed E-state index contributed by atoms with van der Waals surface area (Å²) in [6.07, 6.45) is 0. The standard InChI is InChI=1S/C23H29N3O2/c1-16-9-8-12-20(17(16)2)28-14-13-26-19-11-7-6-10-18(19)25-21(26)15-24-22(27)23(3,4)5/h6-12H,13-15H2,1-5H3,(H,24,27). The molecule has 3 aromatic rings. The SMILES string of the molecule is Cc1cccc(OCCn2c(CNC(=O)C(C)(C)C)nc3ccccc32)c1C. The Kier molecular flexibility index (Phi) is 5.73. The summed E-state index contributed by atoms with van der Waals surface area (Å²) in [6.45, 7) is 11.5. The van der Waals surface area contributed by atoms with Crippen LogP contribution in [-0.2, 0) is 17.9 Å². The highest BCUT2D eigenvalue weighted by atomic mass is 16.5. The van der Waals surface area contributed by atoms with E-state index >= 15 is 0 Å². The molecule has 1 aromatic heterocycles. The third-order valence-corrected chi connectivity index (χ3v) is 4.95. The minimum atomic E-state index is -0.428. The van der Waals surface area contributed by atoms with Gasteiger partial charge in [0.05, 0.1) is 24.1 Å². The van der Waals surface area contributed by atoms with Crippen LogP contribution in [0.1, 0.15) is 37.7 Å². The summed E-state index contributed by atoms with van der Waals surface area (Å²) >= 11 is 0.